The Bertz CT molecular complexity index is 705. The summed E-state index contributed by atoms with van der Waals surface area (Å²) in [5, 5.41) is 4.05. The molecule has 1 aromatic heterocycles. The molecule has 1 aliphatic heterocycles. The van der Waals surface area contributed by atoms with E-state index in [-0.39, 0.29) is 24.4 Å². The van der Waals surface area contributed by atoms with Crippen molar-refractivity contribution >= 4 is 44.7 Å². The molecular formula is C17H21N3O2S2. The zero-order valence-corrected chi connectivity index (χ0v) is 15.5. The van der Waals surface area contributed by atoms with Gasteiger partial charge in [0.15, 0.2) is 5.78 Å². The maximum Gasteiger partial charge on any atom is 0.281 e. The first-order valence-electron chi connectivity index (χ1n) is 8.14. The van der Waals surface area contributed by atoms with Crippen LogP contribution >= 0.6 is 23.6 Å². The Morgan fingerprint density at radius 1 is 1.50 bits per heavy atom. The number of carbonyl (C=O) groups excluding carboxylic acids is 1. The molecule has 0 aliphatic carbocycles. The molecule has 0 saturated carbocycles. The molecule has 1 atom stereocenters. The van der Waals surface area contributed by atoms with Crippen molar-refractivity contribution in [1.29, 1.82) is 0 Å². The van der Waals surface area contributed by atoms with E-state index in [2.05, 4.69) is 10.3 Å². The summed E-state index contributed by atoms with van der Waals surface area (Å²) in [5.74, 6) is 0.163. The number of nitrogens with zero attached hydrogens (tertiary/aromatic N) is 2. The Hall–Kier alpha value is -1.57. The van der Waals surface area contributed by atoms with Crippen LogP contribution in [-0.4, -0.2) is 46.0 Å². The molecule has 1 aromatic carbocycles. The minimum absolute atomic E-state index is 0.0588. The van der Waals surface area contributed by atoms with Crippen molar-refractivity contribution in [3.05, 3.63) is 24.3 Å². The van der Waals surface area contributed by atoms with Crippen LogP contribution in [0.4, 0.5) is 0 Å². The Balaban J connectivity index is 1.68. The normalized spacial score (nSPS) is 17.4. The second-order valence-electron chi connectivity index (χ2n) is 6.15. The molecule has 2 aromatic rings. The summed E-state index contributed by atoms with van der Waals surface area (Å²) in [4.78, 5) is 18.7. The van der Waals surface area contributed by atoms with Crippen LogP contribution in [0.15, 0.2) is 24.3 Å². The van der Waals surface area contributed by atoms with E-state index in [9.17, 15) is 4.79 Å². The number of carbonyl (C=O) groups is 1. The highest BCUT2D eigenvalue weighted by atomic mass is 32.1. The Morgan fingerprint density at radius 2 is 2.29 bits per heavy atom. The molecule has 7 heteroatoms. The monoisotopic (exact) mass is 363 g/mol. The van der Waals surface area contributed by atoms with Gasteiger partial charge in [0.25, 0.3) is 10.4 Å². The summed E-state index contributed by atoms with van der Waals surface area (Å²) < 4.78 is 6.83. The first-order chi connectivity index (χ1) is 11.5. The second-order valence-corrected chi connectivity index (χ2v) is 7.49. The number of nitrogens with one attached hydrogen (secondary N) is 1. The first-order valence-corrected chi connectivity index (χ1v) is 9.37. The van der Waals surface area contributed by atoms with Gasteiger partial charge >= 0.3 is 0 Å². The van der Waals surface area contributed by atoms with Crippen LogP contribution in [0.1, 0.15) is 26.7 Å². The molecule has 3 rings (SSSR count). The summed E-state index contributed by atoms with van der Waals surface area (Å²) in [6, 6.07) is 7.87. The van der Waals surface area contributed by atoms with Gasteiger partial charge in [0, 0.05) is 6.04 Å². The zero-order chi connectivity index (χ0) is 17.1. The predicted molar refractivity (Wildman–Crippen MR) is 101 cm³/mol. The van der Waals surface area contributed by atoms with E-state index in [1.54, 1.807) is 0 Å². The van der Waals surface area contributed by atoms with E-state index in [0.717, 1.165) is 29.6 Å². The number of para-hydroxylation sites is 1. The zero-order valence-electron chi connectivity index (χ0n) is 13.8. The lowest BCUT2D eigenvalue weighted by Crippen LogP contribution is -2.46. The molecule has 24 heavy (non-hydrogen) atoms. The van der Waals surface area contributed by atoms with Crippen molar-refractivity contribution in [3.8, 4) is 5.19 Å². The average molecular weight is 364 g/mol. The molecule has 0 amide bonds. The number of benzene rings is 1. The molecule has 1 aliphatic rings. The quantitative estimate of drug-likeness (QED) is 0.824. The van der Waals surface area contributed by atoms with E-state index >= 15 is 0 Å². The van der Waals surface area contributed by atoms with E-state index in [1.165, 1.54) is 11.3 Å². The Morgan fingerprint density at radius 3 is 2.96 bits per heavy atom. The molecule has 1 fully saturated rings. The summed E-state index contributed by atoms with van der Waals surface area (Å²) in [6.07, 6.45) is 1.95. The second kappa shape index (κ2) is 7.55. The molecule has 0 bridgehead atoms. The summed E-state index contributed by atoms with van der Waals surface area (Å²) in [5.41, 5.74) is 0.891. The molecular weight excluding hydrogens is 342 g/mol. The van der Waals surface area contributed by atoms with Gasteiger partial charge in [-0.05, 0) is 57.6 Å². The molecule has 128 valence electrons. The maximum atomic E-state index is 12.4. The first kappa shape index (κ1) is 17.3. The largest absolute Gasteiger partial charge is 0.403 e. The van der Waals surface area contributed by atoms with Gasteiger partial charge in [0.1, 0.15) is 0 Å². The van der Waals surface area contributed by atoms with Crippen molar-refractivity contribution in [3.63, 3.8) is 0 Å². The molecule has 0 spiro atoms. The number of ketones is 1. The summed E-state index contributed by atoms with van der Waals surface area (Å²) in [7, 11) is 0. The highest BCUT2D eigenvalue weighted by molar-refractivity contribution is 7.80. The lowest BCUT2D eigenvalue weighted by molar-refractivity contribution is -0.121. The van der Waals surface area contributed by atoms with Crippen LogP contribution in [0.3, 0.4) is 0 Å². The number of rotatable bonds is 5. The number of thiazole rings is 1. The van der Waals surface area contributed by atoms with Crippen molar-refractivity contribution in [2.24, 2.45) is 0 Å². The highest BCUT2D eigenvalue weighted by Crippen LogP contribution is 2.27. The third-order valence-corrected chi connectivity index (χ3v) is 5.31. The minimum Gasteiger partial charge on any atom is -0.403 e. The SMILES string of the molecule is CC(C)N(CC(=O)[C@@H]1CCCN1)C(=S)Oc1nc2ccccc2s1. The van der Waals surface area contributed by atoms with Gasteiger partial charge < -0.3 is 15.0 Å². The Kier molecular flexibility index (Phi) is 5.43. The molecule has 1 N–H and O–H groups in total. The number of hydrogen-bond donors (Lipinski definition) is 1. The van der Waals surface area contributed by atoms with Crippen LogP contribution < -0.4 is 10.1 Å². The number of hydrogen-bond acceptors (Lipinski definition) is 6. The fourth-order valence-corrected chi connectivity index (χ4v) is 3.95. The molecule has 5 nitrogen and oxygen atoms in total. The van der Waals surface area contributed by atoms with Crippen molar-refractivity contribution < 1.29 is 9.53 Å². The topological polar surface area (TPSA) is 54.5 Å². The van der Waals surface area contributed by atoms with E-state index in [1.807, 2.05) is 43.0 Å². The third kappa shape index (κ3) is 3.91. The van der Waals surface area contributed by atoms with Crippen LogP contribution in [0.25, 0.3) is 10.2 Å². The highest BCUT2D eigenvalue weighted by Gasteiger charge is 2.27. The van der Waals surface area contributed by atoms with Gasteiger partial charge in [-0.1, -0.05) is 23.5 Å². The fourth-order valence-electron chi connectivity index (χ4n) is 2.72. The van der Waals surface area contributed by atoms with Crippen molar-refractivity contribution in [1.82, 2.24) is 15.2 Å². The van der Waals surface area contributed by atoms with Crippen molar-refractivity contribution in [2.45, 2.75) is 38.8 Å². The van der Waals surface area contributed by atoms with Gasteiger partial charge in [-0.15, -0.1) is 0 Å². The lowest BCUT2D eigenvalue weighted by Gasteiger charge is -2.28. The van der Waals surface area contributed by atoms with E-state index in [0.29, 0.717) is 10.4 Å². The van der Waals surface area contributed by atoms with Gasteiger partial charge in [0.2, 0.25) is 0 Å². The summed E-state index contributed by atoms with van der Waals surface area (Å²) in [6.45, 7) is 5.18. The van der Waals surface area contributed by atoms with Gasteiger partial charge in [-0.3, -0.25) is 4.79 Å². The lowest BCUT2D eigenvalue weighted by atomic mass is 10.1. The number of aromatic nitrogens is 1. The maximum absolute atomic E-state index is 12.4. The number of ether oxygens (including phenoxy) is 1. The number of thiocarbonyl (C=S) groups is 1. The molecule has 0 unspecified atom stereocenters. The number of fused-ring (bicyclic) bond motifs is 1. The van der Waals surface area contributed by atoms with Gasteiger partial charge in [-0.2, -0.15) is 0 Å². The van der Waals surface area contributed by atoms with Gasteiger partial charge in [0.05, 0.1) is 22.8 Å². The smallest absolute Gasteiger partial charge is 0.281 e. The Labute approximate surface area is 151 Å². The third-order valence-electron chi connectivity index (χ3n) is 4.08. The fraction of sp³-hybridized carbons (Fsp3) is 0.471. The molecule has 0 radical (unpaired) electrons. The van der Waals surface area contributed by atoms with E-state index in [4.69, 9.17) is 17.0 Å². The van der Waals surface area contributed by atoms with E-state index < -0.39 is 0 Å². The van der Waals surface area contributed by atoms with Crippen LogP contribution in [-0.2, 0) is 4.79 Å². The summed E-state index contributed by atoms with van der Waals surface area (Å²) >= 11 is 6.88. The number of Topliss-reactive ketones (excluding diaryl/α,β-unsaturated/α-hetero) is 1. The van der Waals surface area contributed by atoms with Crippen LogP contribution in [0, 0.1) is 0 Å². The minimum atomic E-state index is -0.0588. The van der Waals surface area contributed by atoms with Crippen molar-refractivity contribution in [2.75, 3.05) is 13.1 Å². The van der Waals surface area contributed by atoms with Crippen LogP contribution in [0.5, 0.6) is 5.19 Å². The average Bonchev–Trinajstić information content (AvgIpc) is 3.20. The standard InChI is InChI=1S/C17H21N3O2S2/c1-11(2)20(10-14(21)12-7-5-9-18-12)17(23)22-16-19-13-6-3-4-8-15(13)24-16/h3-4,6,8,11-12,18H,5,7,9-10H2,1-2H3/t12-/m0/s1. The predicted octanol–water partition coefficient (Wildman–Crippen LogP) is 2.99. The molecule has 1 saturated heterocycles. The molecule has 2 heterocycles. The van der Waals surface area contributed by atoms with Gasteiger partial charge in [-0.25, -0.2) is 4.98 Å². The van der Waals surface area contributed by atoms with Crippen LogP contribution in [0.2, 0.25) is 0 Å².